The number of unbranched alkanes of at least 4 members (excludes halogenated alkanes) is 6. The fourth-order valence-corrected chi connectivity index (χ4v) is 2.06. The Morgan fingerprint density at radius 3 is 2.00 bits per heavy atom. The zero-order valence-corrected chi connectivity index (χ0v) is 11.3. The molecule has 0 aromatic heterocycles. The summed E-state index contributed by atoms with van der Waals surface area (Å²) in [6.07, 6.45) is 8.97. The van der Waals surface area contributed by atoms with Crippen molar-refractivity contribution in [3.05, 3.63) is 10.1 Å². The van der Waals surface area contributed by atoms with Gasteiger partial charge in [-0.05, 0) is 6.42 Å². The van der Waals surface area contributed by atoms with Crippen molar-refractivity contribution in [1.82, 2.24) is 0 Å². The largest absolute Gasteiger partial charge is 0.389 e. The smallest absolute Gasteiger partial charge is 0.244 e. The molecule has 1 N–H and O–H groups in total. The fourth-order valence-electron chi connectivity index (χ4n) is 2.06. The van der Waals surface area contributed by atoms with E-state index < -0.39 is 5.54 Å². The minimum Gasteiger partial charge on any atom is -0.389 e. The van der Waals surface area contributed by atoms with Crippen molar-refractivity contribution in [2.75, 3.05) is 6.61 Å². The molecule has 0 saturated carbocycles. The molecule has 0 aliphatic rings. The minimum atomic E-state index is -1.09. The Morgan fingerprint density at radius 2 is 1.59 bits per heavy atom. The molecule has 1 atom stereocenters. The highest BCUT2D eigenvalue weighted by atomic mass is 16.6. The predicted molar refractivity (Wildman–Crippen MR) is 69.7 cm³/mol. The van der Waals surface area contributed by atoms with Crippen molar-refractivity contribution in [3.63, 3.8) is 0 Å². The van der Waals surface area contributed by atoms with Gasteiger partial charge in [0.1, 0.15) is 6.61 Å². The van der Waals surface area contributed by atoms with Gasteiger partial charge in [0.05, 0.1) is 0 Å². The number of nitrogens with zero attached hydrogens (tertiary/aromatic N) is 1. The van der Waals surface area contributed by atoms with E-state index in [1.54, 1.807) is 6.92 Å². The first-order valence-corrected chi connectivity index (χ1v) is 6.88. The molecule has 0 spiro atoms. The van der Waals surface area contributed by atoms with E-state index in [4.69, 9.17) is 0 Å². The van der Waals surface area contributed by atoms with Crippen LogP contribution >= 0.6 is 0 Å². The van der Waals surface area contributed by atoms with E-state index in [1.807, 2.05) is 0 Å². The van der Waals surface area contributed by atoms with Crippen LogP contribution in [0.5, 0.6) is 0 Å². The lowest BCUT2D eigenvalue weighted by Gasteiger charge is -2.21. The Hall–Kier alpha value is -0.640. The second-order valence-corrected chi connectivity index (χ2v) is 4.86. The van der Waals surface area contributed by atoms with E-state index in [0.717, 1.165) is 19.3 Å². The van der Waals surface area contributed by atoms with Crippen LogP contribution in [0.25, 0.3) is 0 Å². The maximum atomic E-state index is 10.9. The molecular weight excluding hydrogens is 218 g/mol. The van der Waals surface area contributed by atoms with Crippen LogP contribution in [-0.4, -0.2) is 22.2 Å². The summed E-state index contributed by atoms with van der Waals surface area (Å²) < 4.78 is 0. The summed E-state index contributed by atoms with van der Waals surface area (Å²) in [7, 11) is 0. The van der Waals surface area contributed by atoms with Gasteiger partial charge in [-0.15, -0.1) is 0 Å². The van der Waals surface area contributed by atoms with Crippen molar-refractivity contribution in [1.29, 1.82) is 0 Å². The van der Waals surface area contributed by atoms with Gasteiger partial charge in [0.2, 0.25) is 5.54 Å². The lowest BCUT2D eigenvalue weighted by atomic mass is 9.90. The minimum absolute atomic E-state index is 0.302. The van der Waals surface area contributed by atoms with Gasteiger partial charge in [-0.2, -0.15) is 0 Å². The van der Waals surface area contributed by atoms with E-state index in [9.17, 15) is 15.2 Å². The summed E-state index contributed by atoms with van der Waals surface area (Å²) >= 11 is 0. The Kier molecular flexibility index (Phi) is 9.04. The van der Waals surface area contributed by atoms with Crippen LogP contribution in [0, 0.1) is 10.1 Å². The first kappa shape index (κ1) is 16.4. The molecule has 0 amide bonds. The molecule has 4 heteroatoms. The quantitative estimate of drug-likeness (QED) is 0.344. The van der Waals surface area contributed by atoms with E-state index in [1.165, 1.54) is 25.7 Å². The molecule has 102 valence electrons. The van der Waals surface area contributed by atoms with Crippen LogP contribution in [0.15, 0.2) is 0 Å². The standard InChI is InChI=1S/C13H27NO3/c1-3-5-6-7-8-9-10-11-13(4-2,12-15)14(16)17/h15H,3-12H2,1-2H3. The molecule has 0 aliphatic carbocycles. The van der Waals surface area contributed by atoms with Gasteiger partial charge in [0.25, 0.3) is 0 Å². The fraction of sp³-hybridized carbons (Fsp3) is 1.00. The highest BCUT2D eigenvalue weighted by Crippen LogP contribution is 2.22. The number of aliphatic hydroxyl groups excluding tert-OH is 1. The van der Waals surface area contributed by atoms with Crippen molar-refractivity contribution in [2.45, 2.75) is 77.2 Å². The van der Waals surface area contributed by atoms with Gasteiger partial charge in [0.15, 0.2) is 0 Å². The lowest BCUT2D eigenvalue weighted by molar-refractivity contribution is -0.575. The predicted octanol–water partition coefficient (Wildman–Crippen LogP) is 3.54. The first-order chi connectivity index (χ1) is 8.13. The molecule has 0 fully saturated rings. The Labute approximate surface area is 105 Å². The van der Waals surface area contributed by atoms with Gasteiger partial charge in [-0.25, -0.2) is 0 Å². The van der Waals surface area contributed by atoms with Crippen LogP contribution < -0.4 is 0 Å². The third-order valence-electron chi connectivity index (χ3n) is 3.59. The summed E-state index contributed by atoms with van der Waals surface area (Å²) in [5.74, 6) is 0. The van der Waals surface area contributed by atoms with Crippen LogP contribution in [0.1, 0.15) is 71.6 Å². The van der Waals surface area contributed by atoms with Crippen molar-refractivity contribution in [2.24, 2.45) is 0 Å². The number of rotatable bonds is 11. The summed E-state index contributed by atoms with van der Waals surface area (Å²) in [5.41, 5.74) is -1.09. The normalized spacial score (nSPS) is 14.5. The summed E-state index contributed by atoms with van der Waals surface area (Å²) in [6, 6.07) is 0. The van der Waals surface area contributed by atoms with E-state index in [-0.39, 0.29) is 11.5 Å². The maximum Gasteiger partial charge on any atom is 0.244 e. The van der Waals surface area contributed by atoms with Crippen molar-refractivity contribution >= 4 is 0 Å². The van der Waals surface area contributed by atoms with Crippen LogP contribution in [0.2, 0.25) is 0 Å². The highest BCUT2D eigenvalue weighted by molar-refractivity contribution is 4.76. The molecule has 1 unspecified atom stereocenters. The third-order valence-corrected chi connectivity index (χ3v) is 3.59. The van der Waals surface area contributed by atoms with Gasteiger partial charge < -0.3 is 5.11 Å². The molecule has 0 aromatic rings. The number of nitro groups is 1. The van der Waals surface area contributed by atoms with E-state index in [2.05, 4.69) is 6.92 Å². The average Bonchev–Trinajstić information content (AvgIpc) is 2.33. The molecule has 17 heavy (non-hydrogen) atoms. The topological polar surface area (TPSA) is 63.4 Å². The van der Waals surface area contributed by atoms with Crippen LogP contribution in [0.4, 0.5) is 0 Å². The molecule has 0 aliphatic heterocycles. The van der Waals surface area contributed by atoms with Gasteiger partial charge in [-0.3, -0.25) is 10.1 Å². The molecule has 0 rings (SSSR count). The van der Waals surface area contributed by atoms with Crippen molar-refractivity contribution in [3.8, 4) is 0 Å². The Bertz CT molecular complexity index is 203. The van der Waals surface area contributed by atoms with Gasteiger partial charge in [-0.1, -0.05) is 52.4 Å². The lowest BCUT2D eigenvalue weighted by Crippen LogP contribution is -2.41. The summed E-state index contributed by atoms with van der Waals surface area (Å²) in [5, 5.41) is 20.1. The molecule has 0 bridgehead atoms. The molecule has 4 nitrogen and oxygen atoms in total. The zero-order chi connectivity index (χ0) is 13.1. The zero-order valence-electron chi connectivity index (χ0n) is 11.3. The van der Waals surface area contributed by atoms with E-state index >= 15 is 0 Å². The number of aliphatic hydroxyl groups is 1. The third kappa shape index (κ3) is 6.01. The van der Waals surface area contributed by atoms with Crippen LogP contribution in [-0.2, 0) is 0 Å². The first-order valence-electron chi connectivity index (χ1n) is 6.88. The molecule has 0 radical (unpaired) electrons. The average molecular weight is 245 g/mol. The van der Waals surface area contributed by atoms with E-state index in [0.29, 0.717) is 12.8 Å². The molecule has 0 heterocycles. The second-order valence-electron chi connectivity index (χ2n) is 4.86. The monoisotopic (exact) mass is 245 g/mol. The summed E-state index contributed by atoms with van der Waals surface area (Å²) in [4.78, 5) is 10.6. The van der Waals surface area contributed by atoms with Crippen LogP contribution in [0.3, 0.4) is 0 Å². The number of hydrogen-bond acceptors (Lipinski definition) is 3. The highest BCUT2D eigenvalue weighted by Gasteiger charge is 2.39. The van der Waals surface area contributed by atoms with Crippen molar-refractivity contribution < 1.29 is 10.0 Å². The maximum absolute atomic E-state index is 10.9. The summed E-state index contributed by atoms with van der Waals surface area (Å²) in [6.45, 7) is 3.63. The Morgan fingerprint density at radius 1 is 1.06 bits per heavy atom. The molecular formula is C13H27NO3. The van der Waals surface area contributed by atoms with Gasteiger partial charge >= 0.3 is 0 Å². The molecule has 0 aromatic carbocycles. The Balaban J connectivity index is 3.73. The molecule has 0 saturated heterocycles. The second kappa shape index (κ2) is 9.40. The SMILES string of the molecule is CCCCCCCCCC(CC)(CO)[N+](=O)[O-]. The van der Waals surface area contributed by atoms with Gasteiger partial charge in [0, 0.05) is 17.8 Å². The number of hydrogen-bond donors (Lipinski definition) is 1.